The van der Waals surface area contributed by atoms with E-state index in [1.807, 2.05) is 12.1 Å². The molecule has 5 heteroatoms. The van der Waals surface area contributed by atoms with Gasteiger partial charge < -0.3 is 4.90 Å². The lowest BCUT2D eigenvalue weighted by atomic mass is 10.1. The number of carbonyl (C=O) groups is 1. The molecule has 0 aliphatic carbocycles. The van der Waals surface area contributed by atoms with Crippen LogP contribution in [0.15, 0.2) is 42.5 Å². The van der Waals surface area contributed by atoms with Gasteiger partial charge in [-0.1, -0.05) is 47.5 Å². The molecule has 0 fully saturated rings. The van der Waals surface area contributed by atoms with Crippen molar-refractivity contribution >= 4 is 29.1 Å². The summed E-state index contributed by atoms with van der Waals surface area (Å²) in [6.45, 7) is 0.276. The SMILES string of the molecule is CN(Cc1ccccc1F)C(=O)CCCc1ccc(Cl)c(Cl)c1. The van der Waals surface area contributed by atoms with Crippen LogP contribution >= 0.6 is 23.2 Å². The van der Waals surface area contributed by atoms with Gasteiger partial charge in [-0.25, -0.2) is 4.39 Å². The second kappa shape index (κ2) is 8.32. The van der Waals surface area contributed by atoms with Gasteiger partial charge in [0.2, 0.25) is 5.91 Å². The molecule has 0 atom stereocenters. The Kier molecular flexibility index (Phi) is 6.43. The quantitative estimate of drug-likeness (QED) is 0.706. The molecule has 0 saturated heterocycles. The number of hydrogen-bond donors (Lipinski definition) is 0. The van der Waals surface area contributed by atoms with E-state index in [1.54, 1.807) is 36.2 Å². The van der Waals surface area contributed by atoms with Crippen LogP contribution in [0.3, 0.4) is 0 Å². The maximum atomic E-state index is 13.6. The van der Waals surface area contributed by atoms with E-state index in [0.29, 0.717) is 28.5 Å². The van der Waals surface area contributed by atoms with Crippen LogP contribution in [-0.2, 0) is 17.8 Å². The molecule has 0 N–H and O–H groups in total. The van der Waals surface area contributed by atoms with E-state index in [-0.39, 0.29) is 18.3 Å². The summed E-state index contributed by atoms with van der Waals surface area (Å²) in [7, 11) is 1.69. The first-order chi connectivity index (χ1) is 11.0. The minimum Gasteiger partial charge on any atom is -0.341 e. The molecule has 0 spiro atoms. The molecule has 1 amide bonds. The molecule has 122 valence electrons. The summed E-state index contributed by atoms with van der Waals surface area (Å²) in [6.07, 6.45) is 1.86. The number of benzene rings is 2. The minimum absolute atomic E-state index is 0.00619. The lowest BCUT2D eigenvalue weighted by Crippen LogP contribution is -2.26. The van der Waals surface area contributed by atoms with Gasteiger partial charge in [0, 0.05) is 25.6 Å². The normalized spacial score (nSPS) is 10.6. The minimum atomic E-state index is -0.289. The fourth-order valence-corrected chi connectivity index (χ4v) is 2.62. The summed E-state index contributed by atoms with van der Waals surface area (Å²) in [5, 5.41) is 1.04. The molecule has 0 unspecified atom stereocenters. The van der Waals surface area contributed by atoms with Crippen molar-refractivity contribution in [2.24, 2.45) is 0 Å². The molecule has 0 aliphatic heterocycles. The van der Waals surface area contributed by atoms with Crippen LogP contribution < -0.4 is 0 Å². The molecule has 2 rings (SSSR count). The van der Waals surface area contributed by atoms with Crippen molar-refractivity contribution in [3.05, 3.63) is 69.5 Å². The molecule has 2 aromatic rings. The summed E-state index contributed by atoms with van der Waals surface area (Å²) < 4.78 is 13.6. The molecule has 0 saturated carbocycles. The number of amides is 1. The molecular formula is C18H18Cl2FNO. The Labute approximate surface area is 145 Å². The van der Waals surface area contributed by atoms with E-state index >= 15 is 0 Å². The number of aryl methyl sites for hydroxylation is 1. The van der Waals surface area contributed by atoms with Crippen molar-refractivity contribution in [2.75, 3.05) is 7.05 Å². The summed E-state index contributed by atoms with van der Waals surface area (Å²) in [4.78, 5) is 13.7. The Morgan fingerprint density at radius 1 is 1.13 bits per heavy atom. The highest BCUT2D eigenvalue weighted by Crippen LogP contribution is 2.23. The van der Waals surface area contributed by atoms with Crippen molar-refractivity contribution in [3.63, 3.8) is 0 Å². The van der Waals surface area contributed by atoms with Crippen molar-refractivity contribution in [1.29, 1.82) is 0 Å². The summed E-state index contributed by atoms with van der Waals surface area (Å²) >= 11 is 11.8. The zero-order chi connectivity index (χ0) is 16.8. The molecule has 0 aliphatic rings. The lowest BCUT2D eigenvalue weighted by Gasteiger charge is -2.17. The standard InChI is InChI=1S/C18H18Cl2FNO/c1-22(12-14-6-2-3-7-17(14)21)18(23)8-4-5-13-9-10-15(19)16(20)11-13/h2-3,6-7,9-11H,4-5,8,12H2,1H3. The van der Waals surface area contributed by atoms with Gasteiger partial charge in [-0.2, -0.15) is 0 Å². The average molecular weight is 354 g/mol. The number of hydrogen-bond acceptors (Lipinski definition) is 1. The number of nitrogens with zero attached hydrogens (tertiary/aromatic N) is 1. The van der Waals surface area contributed by atoms with Crippen LogP contribution in [0.25, 0.3) is 0 Å². The molecule has 0 radical (unpaired) electrons. The molecule has 0 bridgehead atoms. The van der Waals surface area contributed by atoms with Crippen LogP contribution in [0.2, 0.25) is 10.0 Å². The van der Waals surface area contributed by atoms with Crippen molar-refractivity contribution < 1.29 is 9.18 Å². The van der Waals surface area contributed by atoms with Gasteiger partial charge in [0.15, 0.2) is 0 Å². The Morgan fingerprint density at radius 3 is 2.57 bits per heavy atom. The first kappa shape index (κ1) is 17.8. The van der Waals surface area contributed by atoms with E-state index in [2.05, 4.69) is 0 Å². The molecule has 0 aromatic heterocycles. The van der Waals surface area contributed by atoms with Gasteiger partial charge in [-0.05, 0) is 36.6 Å². The highest BCUT2D eigenvalue weighted by atomic mass is 35.5. The van der Waals surface area contributed by atoms with E-state index < -0.39 is 0 Å². The predicted octanol–water partition coefficient (Wildman–Crippen LogP) is 5.11. The highest BCUT2D eigenvalue weighted by Gasteiger charge is 2.11. The maximum Gasteiger partial charge on any atom is 0.222 e. The van der Waals surface area contributed by atoms with Gasteiger partial charge in [0.05, 0.1) is 10.0 Å². The van der Waals surface area contributed by atoms with Gasteiger partial charge >= 0.3 is 0 Å². The molecule has 2 aromatic carbocycles. The topological polar surface area (TPSA) is 20.3 Å². The third kappa shape index (κ3) is 5.22. The van der Waals surface area contributed by atoms with E-state index in [9.17, 15) is 9.18 Å². The molecule has 0 heterocycles. The van der Waals surface area contributed by atoms with Crippen molar-refractivity contribution in [3.8, 4) is 0 Å². The van der Waals surface area contributed by atoms with Crippen molar-refractivity contribution in [2.45, 2.75) is 25.8 Å². The zero-order valence-corrected chi connectivity index (χ0v) is 14.4. The second-order valence-electron chi connectivity index (χ2n) is 5.44. The Bertz CT molecular complexity index is 690. The first-order valence-corrected chi connectivity index (χ1v) is 8.14. The fourth-order valence-electron chi connectivity index (χ4n) is 2.30. The van der Waals surface area contributed by atoms with Crippen LogP contribution in [0, 0.1) is 5.82 Å². The van der Waals surface area contributed by atoms with Crippen LogP contribution in [0.5, 0.6) is 0 Å². The number of halogens is 3. The van der Waals surface area contributed by atoms with E-state index in [1.165, 1.54) is 6.07 Å². The lowest BCUT2D eigenvalue weighted by molar-refractivity contribution is -0.130. The van der Waals surface area contributed by atoms with E-state index in [0.717, 1.165) is 12.0 Å². The van der Waals surface area contributed by atoms with Crippen LogP contribution in [0.4, 0.5) is 4.39 Å². The van der Waals surface area contributed by atoms with E-state index in [4.69, 9.17) is 23.2 Å². The van der Waals surface area contributed by atoms with Crippen molar-refractivity contribution in [1.82, 2.24) is 4.90 Å². The van der Waals surface area contributed by atoms with Crippen LogP contribution in [0.1, 0.15) is 24.0 Å². The van der Waals surface area contributed by atoms with Gasteiger partial charge in [-0.15, -0.1) is 0 Å². The molecule has 2 nitrogen and oxygen atoms in total. The maximum absolute atomic E-state index is 13.6. The predicted molar refractivity (Wildman–Crippen MR) is 92.3 cm³/mol. The zero-order valence-electron chi connectivity index (χ0n) is 12.9. The molecular weight excluding hydrogens is 336 g/mol. The third-order valence-corrected chi connectivity index (χ3v) is 4.37. The number of rotatable bonds is 6. The summed E-state index contributed by atoms with van der Waals surface area (Å²) in [5.41, 5.74) is 1.57. The van der Waals surface area contributed by atoms with Gasteiger partial charge in [-0.3, -0.25) is 4.79 Å². The fraction of sp³-hybridized carbons (Fsp3) is 0.278. The second-order valence-corrected chi connectivity index (χ2v) is 6.26. The monoisotopic (exact) mass is 353 g/mol. The Morgan fingerprint density at radius 2 is 1.87 bits per heavy atom. The average Bonchev–Trinajstić information content (AvgIpc) is 2.53. The Balaban J connectivity index is 1.82. The molecule has 23 heavy (non-hydrogen) atoms. The van der Waals surface area contributed by atoms with Crippen LogP contribution in [-0.4, -0.2) is 17.9 Å². The highest BCUT2D eigenvalue weighted by molar-refractivity contribution is 6.42. The van der Waals surface area contributed by atoms with Gasteiger partial charge in [0.25, 0.3) is 0 Å². The smallest absolute Gasteiger partial charge is 0.222 e. The summed E-state index contributed by atoms with van der Waals surface area (Å²) in [5.74, 6) is -0.295. The van der Waals surface area contributed by atoms with Gasteiger partial charge in [0.1, 0.15) is 5.82 Å². The Hall–Kier alpha value is -1.58. The first-order valence-electron chi connectivity index (χ1n) is 7.38. The largest absolute Gasteiger partial charge is 0.341 e. The summed E-state index contributed by atoms with van der Waals surface area (Å²) in [6, 6.07) is 12.0. The third-order valence-electron chi connectivity index (χ3n) is 3.63. The number of carbonyl (C=O) groups excluding carboxylic acids is 1.